The third-order valence-electron chi connectivity index (χ3n) is 2.16. The third-order valence-corrected chi connectivity index (χ3v) is 2.16. The van der Waals surface area contributed by atoms with Crippen LogP contribution in [0.5, 0.6) is 5.88 Å². The van der Waals surface area contributed by atoms with E-state index in [2.05, 4.69) is 10.3 Å². The second-order valence-electron chi connectivity index (χ2n) is 3.54. The van der Waals surface area contributed by atoms with Crippen LogP contribution in [-0.2, 0) is 0 Å². The molecule has 19 heavy (non-hydrogen) atoms. The van der Waals surface area contributed by atoms with E-state index in [-0.39, 0.29) is 11.3 Å². The molecule has 6 nitrogen and oxygen atoms in total. The number of halogens is 2. The summed E-state index contributed by atoms with van der Waals surface area (Å²) >= 11 is 0. The molecule has 0 aromatic carbocycles. The van der Waals surface area contributed by atoms with E-state index in [0.717, 1.165) is 24.3 Å². The van der Waals surface area contributed by atoms with Gasteiger partial charge in [0.15, 0.2) is 5.88 Å². The van der Waals surface area contributed by atoms with Crippen molar-refractivity contribution in [2.45, 2.75) is 0 Å². The summed E-state index contributed by atoms with van der Waals surface area (Å²) in [5.41, 5.74) is -1.21. The van der Waals surface area contributed by atoms with E-state index in [0.29, 0.717) is 0 Å². The van der Waals surface area contributed by atoms with E-state index in [4.69, 9.17) is 5.11 Å². The highest BCUT2D eigenvalue weighted by atomic mass is 19.1. The third kappa shape index (κ3) is 2.92. The largest absolute Gasteiger partial charge is 0.494 e. The van der Waals surface area contributed by atoms with Crippen LogP contribution in [0.1, 0.15) is 10.4 Å². The number of aromatic amines is 1. The molecule has 3 N–H and O–H groups in total. The highest BCUT2D eigenvalue weighted by molar-refractivity contribution is 6.04. The first kappa shape index (κ1) is 12.7. The molecule has 0 aliphatic heterocycles. The molecule has 0 radical (unpaired) electrons. The minimum atomic E-state index is -1.19. The number of nitrogens with zero attached hydrogens (tertiary/aromatic N) is 1. The number of H-pyrrole nitrogens is 1. The summed E-state index contributed by atoms with van der Waals surface area (Å²) in [4.78, 5) is 27.7. The van der Waals surface area contributed by atoms with Crippen molar-refractivity contribution >= 4 is 11.6 Å². The number of hydrogen-bond donors (Lipinski definition) is 3. The quantitative estimate of drug-likeness (QED) is 0.707. The fourth-order valence-electron chi connectivity index (χ4n) is 1.36. The van der Waals surface area contributed by atoms with Crippen molar-refractivity contribution < 1.29 is 18.7 Å². The predicted molar refractivity (Wildman–Crippen MR) is 60.8 cm³/mol. The molecule has 0 spiro atoms. The highest BCUT2D eigenvalue weighted by Gasteiger charge is 2.12. The summed E-state index contributed by atoms with van der Waals surface area (Å²) in [5, 5.41) is 11.2. The summed E-state index contributed by atoms with van der Waals surface area (Å²) < 4.78 is 25.8. The van der Waals surface area contributed by atoms with Gasteiger partial charge in [-0.25, -0.2) is 0 Å². The Kier molecular flexibility index (Phi) is 3.23. The number of pyridine rings is 2. The van der Waals surface area contributed by atoms with Crippen LogP contribution in [0.4, 0.5) is 14.5 Å². The van der Waals surface area contributed by atoms with Crippen LogP contribution in [0, 0.1) is 11.9 Å². The molecule has 98 valence electrons. The van der Waals surface area contributed by atoms with Crippen LogP contribution in [0.3, 0.4) is 0 Å². The van der Waals surface area contributed by atoms with Crippen LogP contribution in [0.2, 0.25) is 0 Å². The number of anilines is 1. The molecule has 0 saturated carbocycles. The molecule has 0 fully saturated rings. The second-order valence-corrected chi connectivity index (χ2v) is 3.54. The number of amides is 1. The molecule has 0 saturated heterocycles. The zero-order chi connectivity index (χ0) is 14.0. The Morgan fingerprint density at radius 2 is 2.05 bits per heavy atom. The van der Waals surface area contributed by atoms with E-state index in [9.17, 15) is 18.4 Å². The number of rotatable bonds is 2. The first-order valence-corrected chi connectivity index (χ1v) is 5.02. The Balaban J connectivity index is 2.28. The number of hydrogen-bond acceptors (Lipinski definition) is 4. The average Bonchev–Trinajstić information content (AvgIpc) is 2.31. The average molecular weight is 267 g/mol. The molecule has 0 aliphatic carbocycles. The Morgan fingerprint density at radius 3 is 2.68 bits per heavy atom. The van der Waals surface area contributed by atoms with Crippen LogP contribution in [0.15, 0.2) is 29.1 Å². The molecular weight excluding hydrogens is 260 g/mol. The van der Waals surface area contributed by atoms with Gasteiger partial charge in [-0.3, -0.25) is 14.6 Å². The predicted octanol–water partition coefficient (Wildman–Crippen LogP) is 1.01. The number of aromatic hydroxyl groups is 1. The zero-order valence-electron chi connectivity index (χ0n) is 9.28. The molecule has 2 heterocycles. The van der Waals surface area contributed by atoms with Gasteiger partial charge in [0, 0.05) is 12.1 Å². The van der Waals surface area contributed by atoms with Gasteiger partial charge < -0.3 is 10.4 Å². The molecule has 0 aliphatic rings. The smallest absolute Gasteiger partial charge is 0.256 e. The SMILES string of the molecule is O=C(Nc1ccc(F)nc1F)c1cc(O)[nH]c(=O)c1. The van der Waals surface area contributed by atoms with E-state index in [1.807, 2.05) is 4.98 Å². The van der Waals surface area contributed by atoms with Crippen molar-refractivity contribution in [3.63, 3.8) is 0 Å². The monoisotopic (exact) mass is 267 g/mol. The van der Waals surface area contributed by atoms with Gasteiger partial charge in [-0.15, -0.1) is 0 Å². The molecule has 2 aromatic rings. The van der Waals surface area contributed by atoms with Crippen molar-refractivity contribution in [1.29, 1.82) is 0 Å². The number of aromatic nitrogens is 2. The van der Waals surface area contributed by atoms with Gasteiger partial charge in [-0.1, -0.05) is 0 Å². The number of nitrogens with one attached hydrogen (secondary N) is 2. The lowest BCUT2D eigenvalue weighted by Gasteiger charge is -2.05. The van der Waals surface area contributed by atoms with Crippen molar-refractivity contribution in [2.24, 2.45) is 0 Å². The maximum absolute atomic E-state index is 13.2. The lowest BCUT2D eigenvalue weighted by Crippen LogP contribution is -2.17. The Bertz CT molecular complexity index is 700. The topological polar surface area (TPSA) is 95.1 Å². The molecule has 2 aromatic heterocycles. The van der Waals surface area contributed by atoms with Gasteiger partial charge >= 0.3 is 0 Å². The number of carbonyl (C=O) groups excluding carboxylic acids is 1. The summed E-state index contributed by atoms with van der Waals surface area (Å²) in [5.74, 6) is -3.56. The molecular formula is C11H7F2N3O3. The zero-order valence-corrected chi connectivity index (χ0v) is 9.28. The van der Waals surface area contributed by atoms with Crippen molar-refractivity contribution in [3.05, 3.63) is 52.1 Å². The lowest BCUT2D eigenvalue weighted by molar-refractivity contribution is 0.102. The van der Waals surface area contributed by atoms with E-state index in [1.165, 1.54) is 0 Å². The van der Waals surface area contributed by atoms with Gasteiger partial charge in [-0.05, 0) is 12.1 Å². The summed E-state index contributed by atoms with van der Waals surface area (Å²) in [6.45, 7) is 0. The number of carbonyl (C=O) groups is 1. The molecule has 8 heteroatoms. The maximum atomic E-state index is 13.2. The Hall–Kier alpha value is -2.77. The van der Waals surface area contributed by atoms with Gasteiger partial charge in [0.05, 0.1) is 11.3 Å². The maximum Gasteiger partial charge on any atom is 0.256 e. The highest BCUT2D eigenvalue weighted by Crippen LogP contribution is 2.13. The first-order valence-electron chi connectivity index (χ1n) is 5.02. The second kappa shape index (κ2) is 4.84. The van der Waals surface area contributed by atoms with E-state index >= 15 is 0 Å². The minimum absolute atomic E-state index is 0.176. The van der Waals surface area contributed by atoms with Crippen LogP contribution < -0.4 is 10.9 Å². The van der Waals surface area contributed by atoms with E-state index in [1.54, 1.807) is 0 Å². The minimum Gasteiger partial charge on any atom is -0.494 e. The fraction of sp³-hybridized carbons (Fsp3) is 0. The van der Waals surface area contributed by atoms with Crippen LogP contribution in [-0.4, -0.2) is 21.0 Å². The lowest BCUT2D eigenvalue weighted by atomic mass is 10.2. The Morgan fingerprint density at radius 1 is 1.32 bits per heavy atom. The Labute approximate surface area is 104 Å². The standard InChI is InChI=1S/C11H7F2N3O3/c12-7-2-1-6(10(13)15-7)14-11(19)5-3-8(17)16-9(18)4-5/h1-4H,(H,14,19)(H2,16,17,18). The van der Waals surface area contributed by atoms with E-state index < -0.39 is 29.2 Å². The summed E-state index contributed by atoms with van der Waals surface area (Å²) in [7, 11) is 0. The van der Waals surface area contributed by atoms with Gasteiger partial charge in [0.1, 0.15) is 0 Å². The van der Waals surface area contributed by atoms with Crippen molar-refractivity contribution in [1.82, 2.24) is 9.97 Å². The summed E-state index contributed by atoms with van der Waals surface area (Å²) in [6, 6.07) is 3.77. The molecule has 0 atom stereocenters. The molecule has 0 bridgehead atoms. The molecule has 0 unspecified atom stereocenters. The fourth-order valence-corrected chi connectivity index (χ4v) is 1.36. The van der Waals surface area contributed by atoms with Crippen LogP contribution >= 0.6 is 0 Å². The molecule has 2 rings (SSSR count). The van der Waals surface area contributed by atoms with Gasteiger partial charge in [-0.2, -0.15) is 13.8 Å². The van der Waals surface area contributed by atoms with Gasteiger partial charge in [0.2, 0.25) is 11.9 Å². The van der Waals surface area contributed by atoms with Crippen molar-refractivity contribution in [2.75, 3.05) is 5.32 Å². The summed E-state index contributed by atoms with van der Waals surface area (Å²) in [6.07, 6.45) is 0. The normalized spacial score (nSPS) is 10.2. The first-order chi connectivity index (χ1) is 8.95. The van der Waals surface area contributed by atoms with Crippen molar-refractivity contribution in [3.8, 4) is 5.88 Å². The van der Waals surface area contributed by atoms with Crippen LogP contribution in [0.25, 0.3) is 0 Å². The van der Waals surface area contributed by atoms with Gasteiger partial charge in [0.25, 0.3) is 11.5 Å². The molecule has 1 amide bonds.